The number of nitro benzene ring substituents is 1. The summed E-state index contributed by atoms with van der Waals surface area (Å²) < 4.78 is 14.2. The molecule has 0 heterocycles. The van der Waals surface area contributed by atoms with E-state index in [1.165, 1.54) is 0 Å². The molecule has 2 rings (SSSR count). The van der Waals surface area contributed by atoms with E-state index in [0.717, 1.165) is 28.9 Å². The molecule has 1 amide bonds. The fourth-order valence-electron chi connectivity index (χ4n) is 1.60. The first-order valence-electron chi connectivity index (χ1n) is 6.00. The minimum Gasteiger partial charge on any atom is -0.267 e. The Balaban J connectivity index is 2.11. The minimum absolute atomic E-state index is 0.0938. The van der Waals surface area contributed by atoms with Crippen molar-refractivity contribution in [2.45, 2.75) is 0 Å². The third-order valence-corrected chi connectivity index (χ3v) is 3.14. The molecule has 0 saturated heterocycles. The highest BCUT2D eigenvalue weighted by atomic mass is 79.9. The molecule has 0 aliphatic carbocycles. The summed E-state index contributed by atoms with van der Waals surface area (Å²) in [6, 6.07) is 9.68. The van der Waals surface area contributed by atoms with Gasteiger partial charge in [0, 0.05) is 27.7 Å². The fraction of sp³-hybridized carbons (Fsp3) is 0. The van der Waals surface area contributed by atoms with Crippen molar-refractivity contribution in [3.8, 4) is 0 Å². The molecular formula is C14H9BrFN3O3. The van der Waals surface area contributed by atoms with Gasteiger partial charge in [-0.15, -0.1) is 0 Å². The van der Waals surface area contributed by atoms with Crippen molar-refractivity contribution in [2.75, 3.05) is 0 Å². The van der Waals surface area contributed by atoms with Gasteiger partial charge in [0.1, 0.15) is 5.82 Å². The molecule has 22 heavy (non-hydrogen) atoms. The van der Waals surface area contributed by atoms with Gasteiger partial charge >= 0.3 is 0 Å². The minimum atomic E-state index is -0.675. The van der Waals surface area contributed by atoms with Gasteiger partial charge in [0.15, 0.2) is 0 Å². The summed E-state index contributed by atoms with van der Waals surface area (Å²) in [6.07, 6.45) is 1.01. The lowest BCUT2D eigenvalue weighted by atomic mass is 10.2. The Morgan fingerprint density at radius 2 is 2.09 bits per heavy atom. The molecule has 0 fully saturated rings. The van der Waals surface area contributed by atoms with Crippen LogP contribution in [0.25, 0.3) is 0 Å². The molecule has 0 bridgehead atoms. The molecule has 0 unspecified atom stereocenters. The van der Waals surface area contributed by atoms with Crippen molar-refractivity contribution in [2.24, 2.45) is 5.10 Å². The molecule has 2 aromatic rings. The molecule has 6 nitrogen and oxygen atoms in total. The Labute approximate surface area is 132 Å². The third kappa shape index (κ3) is 3.95. The molecule has 0 radical (unpaired) electrons. The molecule has 0 saturated carbocycles. The highest BCUT2D eigenvalue weighted by molar-refractivity contribution is 9.10. The number of benzene rings is 2. The number of nitro groups is 1. The first-order valence-corrected chi connectivity index (χ1v) is 6.79. The van der Waals surface area contributed by atoms with Gasteiger partial charge in [-0.25, -0.2) is 9.82 Å². The van der Waals surface area contributed by atoms with Crippen LogP contribution in [0.1, 0.15) is 15.9 Å². The second-order valence-electron chi connectivity index (χ2n) is 4.17. The van der Waals surface area contributed by atoms with Crippen LogP contribution in [-0.2, 0) is 0 Å². The summed E-state index contributed by atoms with van der Waals surface area (Å²) in [5.41, 5.74) is 2.23. The van der Waals surface area contributed by atoms with Crippen molar-refractivity contribution in [1.82, 2.24) is 5.43 Å². The van der Waals surface area contributed by atoms with Crippen LogP contribution in [0.15, 0.2) is 52.0 Å². The number of hydrazone groups is 1. The second-order valence-corrected chi connectivity index (χ2v) is 5.09. The van der Waals surface area contributed by atoms with E-state index in [1.807, 2.05) is 0 Å². The number of rotatable bonds is 4. The number of nitrogens with zero attached hydrogens (tertiary/aromatic N) is 2. The van der Waals surface area contributed by atoms with Gasteiger partial charge < -0.3 is 0 Å². The molecule has 112 valence electrons. The second kappa shape index (κ2) is 6.90. The standard InChI is InChI=1S/C14H9BrFN3O3/c15-11-3-1-2-9(6-11)14(20)18-17-8-10-7-12(19(21)22)4-5-13(10)16/h1-8H,(H,18,20)/b17-8-. The van der Waals surface area contributed by atoms with E-state index in [2.05, 4.69) is 26.5 Å². The van der Waals surface area contributed by atoms with Crippen molar-refractivity contribution >= 4 is 33.7 Å². The lowest BCUT2D eigenvalue weighted by Crippen LogP contribution is -2.17. The Morgan fingerprint density at radius 1 is 1.32 bits per heavy atom. The smallest absolute Gasteiger partial charge is 0.267 e. The Hall–Kier alpha value is -2.61. The van der Waals surface area contributed by atoms with Gasteiger partial charge in [-0.3, -0.25) is 14.9 Å². The summed E-state index contributed by atoms with van der Waals surface area (Å²) in [6.45, 7) is 0. The topological polar surface area (TPSA) is 84.6 Å². The highest BCUT2D eigenvalue weighted by Crippen LogP contribution is 2.15. The number of halogens is 2. The monoisotopic (exact) mass is 365 g/mol. The SMILES string of the molecule is O=C(N/N=C\c1cc([N+](=O)[O-])ccc1F)c1cccc(Br)c1. The molecule has 0 atom stereocenters. The maximum atomic E-state index is 13.5. The number of carbonyl (C=O) groups is 1. The Bertz CT molecular complexity index is 765. The number of hydrogen-bond donors (Lipinski definition) is 1. The zero-order valence-corrected chi connectivity index (χ0v) is 12.6. The zero-order valence-electron chi connectivity index (χ0n) is 11.0. The van der Waals surface area contributed by atoms with E-state index in [4.69, 9.17) is 0 Å². The van der Waals surface area contributed by atoms with E-state index in [9.17, 15) is 19.3 Å². The van der Waals surface area contributed by atoms with Gasteiger partial charge in [-0.2, -0.15) is 5.10 Å². The highest BCUT2D eigenvalue weighted by Gasteiger charge is 2.09. The van der Waals surface area contributed by atoms with Crippen molar-refractivity contribution < 1.29 is 14.1 Å². The molecule has 8 heteroatoms. The number of amides is 1. The molecule has 0 spiro atoms. The molecule has 0 aliphatic rings. The summed E-state index contributed by atoms with van der Waals surface area (Å²) in [5, 5.41) is 14.2. The lowest BCUT2D eigenvalue weighted by Gasteiger charge is -2.00. The van der Waals surface area contributed by atoms with E-state index >= 15 is 0 Å². The number of carbonyl (C=O) groups excluding carboxylic acids is 1. The average Bonchev–Trinajstić information content (AvgIpc) is 2.48. The van der Waals surface area contributed by atoms with Gasteiger partial charge in [-0.05, 0) is 24.3 Å². The predicted octanol–water partition coefficient (Wildman–Crippen LogP) is 3.26. The molecule has 0 aromatic heterocycles. The summed E-state index contributed by atoms with van der Waals surface area (Å²) in [5.74, 6) is -1.16. The van der Waals surface area contributed by atoms with Gasteiger partial charge in [-0.1, -0.05) is 22.0 Å². The fourth-order valence-corrected chi connectivity index (χ4v) is 2.00. The number of non-ortho nitro benzene ring substituents is 1. The van der Waals surface area contributed by atoms with Gasteiger partial charge in [0.25, 0.3) is 11.6 Å². The first kappa shape index (κ1) is 15.8. The third-order valence-electron chi connectivity index (χ3n) is 2.65. The maximum Gasteiger partial charge on any atom is 0.271 e. The van der Waals surface area contributed by atoms with Crippen LogP contribution in [0.2, 0.25) is 0 Å². The molecule has 2 aromatic carbocycles. The van der Waals surface area contributed by atoms with Crippen molar-refractivity contribution in [1.29, 1.82) is 0 Å². The molecular weight excluding hydrogens is 357 g/mol. The van der Waals surface area contributed by atoms with Crippen LogP contribution >= 0.6 is 15.9 Å². The normalized spacial score (nSPS) is 10.6. The van der Waals surface area contributed by atoms with E-state index in [1.54, 1.807) is 24.3 Å². The van der Waals surface area contributed by atoms with E-state index < -0.39 is 16.6 Å². The van der Waals surface area contributed by atoms with Crippen LogP contribution < -0.4 is 5.43 Å². The number of nitrogens with one attached hydrogen (secondary N) is 1. The Morgan fingerprint density at radius 3 is 2.77 bits per heavy atom. The summed E-state index contributed by atoms with van der Waals surface area (Å²) in [4.78, 5) is 21.8. The average molecular weight is 366 g/mol. The van der Waals surface area contributed by atoms with Crippen LogP contribution in [0.4, 0.5) is 10.1 Å². The van der Waals surface area contributed by atoms with Gasteiger partial charge in [0.05, 0.1) is 11.1 Å². The molecule has 0 aliphatic heterocycles. The quantitative estimate of drug-likeness (QED) is 0.512. The predicted molar refractivity (Wildman–Crippen MR) is 82.3 cm³/mol. The van der Waals surface area contributed by atoms with Gasteiger partial charge in [0.2, 0.25) is 0 Å². The van der Waals surface area contributed by atoms with Crippen LogP contribution in [0.5, 0.6) is 0 Å². The van der Waals surface area contributed by atoms with Crippen LogP contribution in [0, 0.1) is 15.9 Å². The summed E-state index contributed by atoms with van der Waals surface area (Å²) in [7, 11) is 0. The number of hydrogen-bond acceptors (Lipinski definition) is 4. The molecule has 1 N–H and O–H groups in total. The van der Waals surface area contributed by atoms with E-state index in [0.29, 0.717) is 5.56 Å². The zero-order chi connectivity index (χ0) is 16.1. The summed E-state index contributed by atoms with van der Waals surface area (Å²) >= 11 is 3.23. The first-order chi connectivity index (χ1) is 10.5. The van der Waals surface area contributed by atoms with Crippen molar-refractivity contribution in [3.05, 3.63) is 74.0 Å². The lowest BCUT2D eigenvalue weighted by molar-refractivity contribution is -0.384. The maximum absolute atomic E-state index is 13.5. The van der Waals surface area contributed by atoms with Crippen molar-refractivity contribution in [3.63, 3.8) is 0 Å². The largest absolute Gasteiger partial charge is 0.271 e. The van der Waals surface area contributed by atoms with E-state index in [-0.39, 0.29) is 11.3 Å². The van der Waals surface area contributed by atoms with Crippen LogP contribution in [0.3, 0.4) is 0 Å². The van der Waals surface area contributed by atoms with Crippen LogP contribution in [-0.4, -0.2) is 17.0 Å². The Kier molecular flexibility index (Phi) is 4.95.